The van der Waals surface area contributed by atoms with Gasteiger partial charge in [-0.15, -0.1) is 0 Å². The number of rotatable bonds is 1. The Bertz CT molecular complexity index is 570. The first kappa shape index (κ1) is 11.6. The number of benzene rings is 1. The van der Waals surface area contributed by atoms with Gasteiger partial charge in [-0.3, -0.25) is 0 Å². The van der Waals surface area contributed by atoms with E-state index in [4.69, 9.17) is 23.2 Å². The van der Waals surface area contributed by atoms with Crippen LogP contribution in [-0.4, -0.2) is 4.98 Å². The van der Waals surface area contributed by atoms with Crippen LogP contribution in [0.5, 0.6) is 0 Å². The minimum atomic E-state index is -0.263. The van der Waals surface area contributed by atoms with Gasteiger partial charge in [0.15, 0.2) is 0 Å². The van der Waals surface area contributed by atoms with Gasteiger partial charge in [-0.2, -0.15) is 4.57 Å². The van der Waals surface area contributed by atoms with Crippen molar-refractivity contribution < 1.29 is 8.96 Å². The van der Waals surface area contributed by atoms with Crippen LogP contribution in [0, 0.1) is 5.82 Å². The van der Waals surface area contributed by atoms with Gasteiger partial charge in [0.25, 0.3) is 0 Å². The van der Waals surface area contributed by atoms with Gasteiger partial charge < -0.3 is 0 Å². The zero-order valence-electron chi connectivity index (χ0n) is 8.89. The number of aryl methyl sites for hydroxylation is 2. The van der Waals surface area contributed by atoms with Crippen LogP contribution in [0.15, 0.2) is 12.1 Å². The van der Waals surface area contributed by atoms with E-state index in [9.17, 15) is 4.39 Å². The summed E-state index contributed by atoms with van der Waals surface area (Å²) in [6.07, 6.45) is 0.627. The Hall–Kier alpha value is -0.930. The second-order valence-electron chi connectivity index (χ2n) is 3.54. The highest BCUT2D eigenvalue weighted by molar-refractivity contribution is 6.39. The average Bonchev–Trinajstić information content (AvgIpc) is 2.26. The van der Waals surface area contributed by atoms with E-state index in [-0.39, 0.29) is 11.0 Å². The molecule has 2 nitrogen and oxygen atoms in total. The number of hydrogen-bond donors (Lipinski definition) is 0. The van der Waals surface area contributed by atoms with Gasteiger partial charge in [-0.1, -0.05) is 18.5 Å². The van der Waals surface area contributed by atoms with Gasteiger partial charge in [0.1, 0.15) is 18.4 Å². The fourth-order valence-electron chi connectivity index (χ4n) is 1.62. The summed E-state index contributed by atoms with van der Waals surface area (Å²) in [7, 11) is 1.77. The standard InChI is InChI=1S/C11H10Cl2FN2/c1-3-6-4-9-8(5-7(6)14)15-10(12)11(13)16(9)2/h4-5H,3H2,1-2H3/q+1. The minimum absolute atomic E-state index is 0.181. The molecule has 0 unspecified atom stereocenters. The van der Waals surface area contributed by atoms with Crippen molar-refractivity contribution in [2.75, 3.05) is 0 Å². The van der Waals surface area contributed by atoms with Gasteiger partial charge in [0.2, 0.25) is 10.7 Å². The third kappa shape index (κ3) is 1.74. The molecule has 0 spiro atoms. The summed E-state index contributed by atoms with van der Waals surface area (Å²) >= 11 is 11.8. The third-order valence-electron chi connectivity index (χ3n) is 2.57. The molecule has 2 aromatic rings. The summed E-state index contributed by atoms with van der Waals surface area (Å²) < 4.78 is 15.3. The topological polar surface area (TPSA) is 16.8 Å². The van der Waals surface area contributed by atoms with E-state index in [0.717, 1.165) is 5.52 Å². The van der Waals surface area contributed by atoms with E-state index in [0.29, 0.717) is 22.7 Å². The summed E-state index contributed by atoms with van der Waals surface area (Å²) in [5, 5.41) is 0.531. The van der Waals surface area contributed by atoms with E-state index in [1.54, 1.807) is 17.7 Å². The zero-order valence-corrected chi connectivity index (χ0v) is 10.4. The summed E-state index contributed by atoms with van der Waals surface area (Å²) in [5.74, 6) is -0.263. The molecule has 0 bridgehead atoms. The Balaban J connectivity index is 2.86. The maximum absolute atomic E-state index is 13.6. The quantitative estimate of drug-likeness (QED) is 0.720. The smallest absolute Gasteiger partial charge is 0.222 e. The Morgan fingerprint density at radius 2 is 2.06 bits per heavy atom. The Labute approximate surface area is 103 Å². The lowest BCUT2D eigenvalue weighted by Crippen LogP contribution is -2.31. The molecule has 0 saturated carbocycles. The molecule has 0 saturated heterocycles. The van der Waals surface area contributed by atoms with E-state index in [1.807, 2.05) is 6.92 Å². The molecule has 0 amide bonds. The van der Waals surface area contributed by atoms with Crippen LogP contribution in [0.25, 0.3) is 11.0 Å². The van der Waals surface area contributed by atoms with Crippen LogP contribution >= 0.6 is 23.2 Å². The Morgan fingerprint density at radius 1 is 1.38 bits per heavy atom. The van der Waals surface area contributed by atoms with Crippen molar-refractivity contribution in [1.29, 1.82) is 0 Å². The summed E-state index contributed by atoms with van der Waals surface area (Å²) in [4.78, 5) is 4.04. The molecule has 1 aromatic carbocycles. The highest BCUT2D eigenvalue weighted by Gasteiger charge is 2.18. The van der Waals surface area contributed by atoms with Crippen molar-refractivity contribution in [3.05, 3.63) is 33.8 Å². The lowest BCUT2D eigenvalue weighted by molar-refractivity contribution is -0.642. The van der Waals surface area contributed by atoms with Crippen LogP contribution in [0.4, 0.5) is 4.39 Å². The fraction of sp³-hybridized carbons (Fsp3) is 0.273. The SMILES string of the molecule is CCc1cc2c(cc1F)nc(Cl)c(Cl)[n+]2C. The first-order valence-corrected chi connectivity index (χ1v) is 5.63. The highest BCUT2D eigenvalue weighted by atomic mass is 35.5. The molecule has 2 rings (SSSR count). The van der Waals surface area contributed by atoms with Crippen molar-refractivity contribution >= 4 is 34.2 Å². The average molecular weight is 260 g/mol. The molecule has 0 radical (unpaired) electrons. The minimum Gasteiger partial charge on any atom is -0.222 e. The maximum Gasteiger partial charge on any atom is 0.313 e. The number of nitrogens with zero attached hydrogens (tertiary/aromatic N) is 2. The lowest BCUT2D eigenvalue weighted by Gasteiger charge is -2.03. The number of halogens is 3. The monoisotopic (exact) mass is 259 g/mol. The van der Waals surface area contributed by atoms with Gasteiger partial charge in [-0.05, 0) is 23.6 Å². The van der Waals surface area contributed by atoms with Gasteiger partial charge in [0.05, 0.1) is 0 Å². The molecule has 0 aliphatic carbocycles. The summed E-state index contributed by atoms with van der Waals surface area (Å²) in [5.41, 5.74) is 1.92. The molecule has 1 heterocycles. The van der Waals surface area contributed by atoms with E-state index < -0.39 is 0 Å². The lowest BCUT2D eigenvalue weighted by atomic mass is 10.1. The normalized spacial score (nSPS) is 11.1. The zero-order chi connectivity index (χ0) is 11.9. The van der Waals surface area contributed by atoms with Crippen LogP contribution in [0.1, 0.15) is 12.5 Å². The van der Waals surface area contributed by atoms with E-state index in [2.05, 4.69) is 4.98 Å². The molecule has 16 heavy (non-hydrogen) atoms. The molecule has 0 aliphatic heterocycles. The number of hydrogen-bond acceptors (Lipinski definition) is 1. The van der Waals surface area contributed by atoms with Gasteiger partial charge in [0, 0.05) is 12.1 Å². The van der Waals surface area contributed by atoms with Crippen molar-refractivity contribution in [2.45, 2.75) is 13.3 Å². The summed E-state index contributed by atoms with van der Waals surface area (Å²) in [6, 6.07) is 3.14. The van der Waals surface area contributed by atoms with E-state index >= 15 is 0 Å². The second-order valence-corrected chi connectivity index (χ2v) is 4.25. The molecule has 0 aliphatic rings. The molecule has 84 valence electrons. The fourth-order valence-corrected chi connectivity index (χ4v) is 1.97. The van der Waals surface area contributed by atoms with Crippen LogP contribution < -0.4 is 4.57 Å². The molecular weight excluding hydrogens is 250 g/mol. The molecule has 5 heteroatoms. The number of aromatic nitrogens is 2. The molecule has 0 atom stereocenters. The van der Waals surface area contributed by atoms with Crippen molar-refractivity contribution in [3.8, 4) is 0 Å². The summed E-state index contributed by atoms with van der Waals surface area (Å²) in [6.45, 7) is 1.90. The van der Waals surface area contributed by atoms with E-state index in [1.165, 1.54) is 6.07 Å². The first-order valence-electron chi connectivity index (χ1n) is 4.87. The predicted molar refractivity (Wildman–Crippen MR) is 62.3 cm³/mol. The third-order valence-corrected chi connectivity index (χ3v) is 3.36. The predicted octanol–water partition coefficient (Wildman–Crippen LogP) is 3.07. The van der Waals surface area contributed by atoms with Gasteiger partial charge in [-0.25, -0.2) is 9.37 Å². The van der Waals surface area contributed by atoms with Gasteiger partial charge >= 0.3 is 5.15 Å². The van der Waals surface area contributed by atoms with Crippen molar-refractivity contribution in [1.82, 2.24) is 4.98 Å². The Kier molecular flexibility index (Phi) is 3.00. The Morgan fingerprint density at radius 3 is 2.69 bits per heavy atom. The largest absolute Gasteiger partial charge is 0.313 e. The maximum atomic E-state index is 13.6. The van der Waals surface area contributed by atoms with Crippen LogP contribution in [-0.2, 0) is 13.5 Å². The molecule has 0 N–H and O–H groups in total. The molecule has 1 aromatic heterocycles. The molecular formula is C11H10Cl2FN2+. The van der Waals surface area contributed by atoms with Crippen LogP contribution in [0.2, 0.25) is 10.3 Å². The van der Waals surface area contributed by atoms with Crippen LogP contribution in [0.3, 0.4) is 0 Å². The van der Waals surface area contributed by atoms with Crippen molar-refractivity contribution in [3.63, 3.8) is 0 Å². The van der Waals surface area contributed by atoms with Crippen molar-refractivity contribution in [2.24, 2.45) is 7.05 Å². The molecule has 0 fully saturated rings. The second kappa shape index (κ2) is 4.15. The first-order chi connectivity index (χ1) is 7.54. The number of fused-ring (bicyclic) bond motifs is 1. The highest BCUT2D eigenvalue weighted by Crippen LogP contribution is 2.21.